The number of pyridine rings is 1. The van der Waals surface area contributed by atoms with E-state index >= 15 is 0 Å². The van der Waals surface area contributed by atoms with Crippen LogP contribution >= 0.6 is 0 Å². The minimum atomic E-state index is -4.74. The average Bonchev–Trinajstić information content (AvgIpc) is 2.28. The summed E-state index contributed by atoms with van der Waals surface area (Å²) in [5.41, 5.74) is 6.18. The molecule has 5 nitrogen and oxygen atoms in total. The quantitative estimate of drug-likeness (QED) is 0.726. The number of aliphatic hydroxyl groups excluding tert-OH is 1. The zero-order chi connectivity index (χ0) is 13.8. The van der Waals surface area contributed by atoms with Gasteiger partial charge in [0, 0.05) is 5.69 Å². The number of nitrogens with two attached hydrogens (primary N) is 1. The Kier molecular flexibility index (Phi) is 4.49. The number of alkyl halides is 3. The van der Waals surface area contributed by atoms with E-state index in [-0.39, 0.29) is 6.42 Å². The van der Waals surface area contributed by atoms with Gasteiger partial charge in [0.05, 0.1) is 24.8 Å². The number of anilines is 1. The molecule has 0 bridgehead atoms. The van der Waals surface area contributed by atoms with Crippen LogP contribution in [-0.4, -0.2) is 34.8 Å². The molecule has 1 unspecified atom stereocenters. The van der Waals surface area contributed by atoms with Gasteiger partial charge in [-0.2, -0.15) is 13.2 Å². The molecular formula is C10H12F3N3O2. The average molecular weight is 263 g/mol. The number of hydrogen-bond donors (Lipinski definition) is 3. The Hall–Kier alpha value is -1.83. The minimum Gasteiger partial charge on any atom is -0.397 e. The van der Waals surface area contributed by atoms with Crippen molar-refractivity contribution < 1.29 is 23.1 Å². The van der Waals surface area contributed by atoms with Crippen LogP contribution in [0.3, 0.4) is 0 Å². The first-order valence-electron chi connectivity index (χ1n) is 5.01. The predicted octanol–water partition coefficient (Wildman–Crippen LogP) is 0.246. The van der Waals surface area contributed by atoms with Gasteiger partial charge in [-0.05, 0) is 12.1 Å². The van der Waals surface area contributed by atoms with Gasteiger partial charge in [-0.15, -0.1) is 0 Å². The molecule has 0 spiro atoms. The van der Waals surface area contributed by atoms with Crippen molar-refractivity contribution in [2.24, 2.45) is 0 Å². The maximum Gasteiger partial charge on any atom is 0.416 e. The van der Waals surface area contributed by atoms with Crippen LogP contribution in [0.25, 0.3) is 0 Å². The van der Waals surface area contributed by atoms with E-state index in [1.165, 1.54) is 18.3 Å². The highest BCUT2D eigenvalue weighted by Gasteiger charge is 2.38. The molecule has 0 aliphatic rings. The van der Waals surface area contributed by atoms with Crippen molar-refractivity contribution in [3.63, 3.8) is 0 Å². The zero-order valence-electron chi connectivity index (χ0n) is 9.24. The normalized spacial score (nSPS) is 13.1. The standard InChI is InChI=1S/C10H12F3N3O2/c11-10(12,13)8(17)5-16-9(18)3-7-2-1-6(14)4-15-7/h1-2,4,8,17H,3,5,14H2,(H,16,18). The van der Waals surface area contributed by atoms with Crippen molar-refractivity contribution in [3.8, 4) is 0 Å². The van der Waals surface area contributed by atoms with Crippen LogP contribution in [0.5, 0.6) is 0 Å². The lowest BCUT2D eigenvalue weighted by Gasteiger charge is -2.14. The highest BCUT2D eigenvalue weighted by atomic mass is 19.4. The Morgan fingerprint density at radius 1 is 1.50 bits per heavy atom. The van der Waals surface area contributed by atoms with Gasteiger partial charge in [0.15, 0.2) is 6.10 Å². The number of aliphatic hydroxyl groups is 1. The molecule has 100 valence electrons. The number of aromatic nitrogens is 1. The molecule has 4 N–H and O–H groups in total. The molecule has 0 aliphatic carbocycles. The maximum atomic E-state index is 11.9. The van der Waals surface area contributed by atoms with E-state index in [9.17, 15) is 18.0 Å². The highest BCUT2D eigenvalue weighted by Crippen LogP contribution is 2.19. The van der Waals surface area contributed by atoms with Crippen LogP contribution in [0.1, 0.15) is 5.69 Å². The van der Waals surface area contributed by atoms with Crippen molar-refractivity contribution in [2.45, 2.75) is 18.7 Å². The molecule has 1 amide bonds. The van der Waals surface area contributed by atoms with Crippen LogP contribution in [-0.2, 0) is 11.2 Å². The number of halogens is 3. The molecule has 0 radical (unpaired) electrons. The van der Waals surface area contributed by atoms with Crippen LogP contribution in [0, 0.1) is 0 Å². The molecule has 1 atom stereocenters. The summed E-state index contributed by atoms with van der Waals surface area (Å²) in [5.74, 6) is -0.657. The van der Waals surface area contributed by atoms with Crippen molar-refractivity contribution in [1.82, 2.24) is 10.3 Å². The van der Waals surface area contributed by atoms with E-state index in [1.54, 1.807) is 0 Å². The van der Waals surface area contributed by atoms with Gasteiger partial charge in [-0.25, -0.2) is 0 Å². The van der Waals surface area contributed by atoms with Gasteiger partial charge >= 0.3 is 6.18 Å². The molecular weight excluding hydrogens is 251 g/mol. The predicted molar refractivity (Wildman–Crippen MR) is 57.4 cm³/mol. The Morgan fingerprint density at radius 3 is 2.67 bits per heavy atom. The summed E-state index contributed by atoms with van der Waals surface area (Å²) in [4.78, 5) is 15.1. The SMILES string of the molecule is Nc1ccc(CC(=O)NCC(O)C(F)(F)F)nc1. The fourth-order valence-corrected chi connectivity index (χ4v) is 1.09. The molecule has 0 aromatic carbocycles. The minimum absolute atomic E-state index is 0.176. The fraction of sp³-hybridized carbons (Fsp3) is 0.400. The zero-order valence-corrected chi connectivity index (χ0v) is 9.24. The molecule has 1 heterocycles. The smallest absolute Gasteiger partial charge is 0.397 e. The van der Waals surface area contributed by atoms with Crippen molar-refractivity contribution >= 4 is 11.6 Å². The summed E-state index contributed by atoms with van der Waals surface area (Å²) in [7, 11) is 0. The molecule has 18 heavy (non-hydrogen) atoms. The first-order valence-corrected chi connectivity index (χ1v) is 5.01. The van der Waals surface area contributed by atoms with Crippen molar-refractivity contribution in [1.29, 1.82) is 0 Å². The number of nitrogens with zero attached hydrogens (tertiary/aromatic N) is 1. The van der Waals surface area contributed by atoms with E-state index in [1.807, 2.05) is 5.32 Å². The van der Waals surface area contributed by atoms with Gasteiger partial charge in [0.2, 0.25) is 5.91 Å². The fourth-order valence-electron chi connectivity index (χ4n) is 1.09. The van der Waals surface area contributed by atoms with Gasteiger partial charge in [0.1, 0.15) is 0 Å². The summed E-state index contributed by atoms with van der Waals surface area (Å²) < 4.78 is 35.8. The maximum absolute atomic E-state index is 11.9. The second kappa shape index (κ2) is 5.67. The second-order valence-corrected chi connectivity index (χ2v) is 3.62. The third kappa shape index (κ3) is 4.58. The van der Waals surface area contributed by atoms with Crippen LogP contribution in [0.2, 0.25) is 0 Å². The summed E-state index contributed by atoms with van der Waals surface area (Å²) in [5, 5.41) is 10.6. The Bertz CT molecular complexity index is 406. The summed E-state index contributed by atoms with van der Waals surface area (Å²) in [6.07, 6.45) is -6.15. The van der Waals surface area contributed by atoms with E-state index < -0.39 is 24.7 Å². The Labute approximate surface area is 101 Å². The summed E-state index contributed by atoms with van der Waals surface area (Å²) >= 11 is 0. The first-order chi connectivity index (χ1) is 8.29. The molecule has 0 saturated heterocycles. The second-order valence-electron chi connectivity index (χ2n) is 3.62. The molecule has 1 rings (SSSR count). The monoisotopic (exact) mass is 263 g/mol. The number of rotatable bonds is 4. The molecule has 0 saturated carbocycles. The van der Waals surface area contributed by atoms with Crippen molar-refractivity contribution in [3.05, 3.63) is 24.0 Å². The number of carbonyl (C=O) groups excluding carboxylic acids is 1. The van der Waals surface area contributed by atoms with Crippen LogP contribution < -0.4 is 11.1 Å². The van der Waals surface area contributed by atoms with Crippen LogP contribution in [0.15, 0.2) is 18.3 Å². The first kappa shape index (κ1) is 14.2. The molecule has 1 aromatic rings. The Balaban J connectivity index is 2.41. The summed E-state index contributed by atoms with van der Waals surface area (Å²) in [6.45, 7) is -0.878. The van der Waals surface area contributed by atoms with Crippen molar-refractivity contribution in [2.75, 3.05) is 12.3 Å². The van der Waals surface area contributed by atoms with E-state index in [4.69, 9.17) is 10.8 Å². The van der Waals surface area contributed by atoms with Crippen LogP contribution in [0.4, 0.5) is 18.9 Å². The summed E-state index contributed by atoms with van der Waals surface area (Å²) in [6, 6.07) is 3.02. The van der Waals surface area contributed by atoms with Gasteiger partial charge in [0.25, 0.3) is 0 Å². The van der Waals surface area contributed by atoms with E-state index in [0.29, 0.717) is 11.4 Å². The topological polar surface area (TPSA) is 88.2 Å². The van der Waals surface area contributed by atoms with E-state index in [0.717, 1.165) is 0 Å². The van der Waals surface area contributed by atoms with Gasteiger partial charge in [-0.1, -0.05) is 0 Å². The lowest BCUT2D eigenvalue weighted by atomic mass is 10.2. The highest BCUT2D eigenvalue weighted by molar-refractivity contribution is 5.78. The third-order valence-electron chi connectivity index (χ3n) is 2.06. The number of nitrogen functional groups attached to an aromatic ring is 1. The Morgan fingerprint density at radius 2 is 2.17 bits per heavy atom. The number of amides is 1. The lowest BCUT2D eigenvalue weighted by Crippen LogP contribution is -2.41. The molecule has 0 fully saturated rings. The largest absolute Gasteiger partial charge is 0.416 e. The lowest BCUT2D eigenvalue weighted by molar-refractivity contribution is -0.201. The number of hydrogen-bond acceptors (Lipinski definition) is 4. The molecule has 0 aliphatic heterocycles. The third-order valence-corrected chi connectivity index (χ3v) is 2.06. The number of carbonyl (C=O) groups is 1. The van der Waals surface area contributed by atoms with E-state index in [2.05, 4.69) is 4.98 Å². The molecule has 1 aromatic heterocycles. The molecule has 8 heteroatoms. The van der Waals surface area contributed by atoms with Gasteiger partial charge in [-0.3, -0.25) is 9.78 Å². The van der Waals surface area contributed by atoms with Gasteiger partial charge < -0.3 is 16.2 Å². The number of nitrogens with one attached hydrogen (secondary N) is 1.